The molecule has 1 unspecified atom stereocenters. The molecule has 2 N–H and O–H groups in total. The van der Waals surface area contributed by atoms with Crippen LogP contribution < -0.4 is 20.1 Å². The van der Waals surface area contributed by atoms with Crippen molar-refractivity contribution in [3.8, 4) is 23.0 Å². The van der Waals surface area contributed by atoms with Gasteiger partial charge in [0.1, 0.15) is 17.5 Å². The fraction of sp³-hybridized carbons (Fsp3) is 0.125. The van der Waals surface area contributed by atoms with Gasteiger partial charge >= 0.3 is 6.03 Å². The minimum Gasteiger partial charge on any atom is -0.495 e. The zero-order valence-electron chi connectivity index (χ0n) is 17.9. The normalized spacial score (nSPS) is 11.5. The first kappa shape index (κ1) is 22.2. The van der Waals surface area contributed by atoms with Gasteiger partial charge in [0.25, 0.3) is 0 Å². The summed E-state index contributed by atoms with van der Waals surface area (Å²) < 4.78 is 16.5. The number of carbonyl (C=O) groups is 1. The first-order valence-electron chi connectivity index (χ1n) is 10.0. The van der Waals surface area contributed by atoms with Crippen molar-refractivity contribution in [3.63, 3.8) is 0 Å². The van der Waals surface area contributed by atoms with Crippen LogP contribution in [0.1, 0.15) is 17.5 Å². The maximum Gasteiger partial charge on any atom is 0.320 e. The Balaban J connectivity index is 1.60. The summed E-state index contributed by atoms with van der Waals surface area (Å²) in [6, 6.07) is 20.7. The topological polar surface area (TPSA) is 98.5 Å². The molecule has 4 aromatic rings. The van der Waals surface area contributed by atoms with Crippen molar-refractivity contribution in [2.45, 2.75) is 6.04 Å². The van der Waals surface area contributed by atoms with Gasteiger partial charge in [0.2, 0.25) is 11.8 Å². The molecular formula is C24H21ClN4O4. The van der Waals surface area contributed by atoms with Crippen molar-refractivity contribution in [1.29, 1.82) is 0 Å². The van der Waals surface area contributed by atoms with Gasteiger partial charge in [-0.05, 0) is 23.8 Å². The summed E-state index contributed by atoms with van der Waals surface area (Å²) in [5.74, 6) is 1.43. The van der Waals surface area contributed by atoms with Crippen LogP contribution >= 0.6 is 11.6 Å². The van der Waals surface area contributed by atoms with Crippen LogP contribution in [-0.4, -0.2) is 30.4 Å². The number of benzene rings is 3. The van der Waals surface area contributed by atoms with E-state index in [9.17, 15) is 4.79 Å². The van der Waals surface area contributed by atoms with Crippen LogP contribution in [0.3, 0.4) is 0 Å². The van der Waals surface area contributed by atoms with E-state index in [1.54, 1.807) is 12.1 Å². The Bertz CT molecular complexity index is 1230. The molecule has 8 nitrogen and oxygen atoms in total. The highest BCUT2D eigenvalue weighted by Crippen LogP contribution is 2.36. The number of nitrogens with one attached hydrogen (secondary N) is 2. The van der Waals surface area contributed by atoms with Crippen molar-refractivity contribution in [1.82, 2.24) is 15.5 Å². The lowest BCUT2D eigenvalue weighted by Crippen LogP contribution is -2.33. The van der Waals surface area contributed by atoms with Crippen LogP contribution in [0.4, 0.5) is 10.5 Å². The summed E-state index contributed by atoms with van der Waals surface area (Å²) in [7, 11) is 2.99. The van der Waals surface area contributed by atoms with E-state index in [4.69, 9.17) is 25.5 Å². The first-order chi connectivity index (χ1) is 16.1. The number of nitrogens with zero attached hydrogens (tertiary/aromatic N) is 2. The lowest BCUT2D eigenvalue weighted by atomic mass is 10.1. The summed E-state index contributed by atoms with van der Waals surface area (Å²) in [4.78, 5) is 12.9. The number of anilines is 1. The Morgan fingerprint density at radius 2 is 1.61 bits per heavy atom. The molecule has 1 aromatic heterocycles. The van der Waals surface area contributed by atoms with Crippen molar-refractivity contribution >= 4 is 23.3 Å². The molecule has 4 rings (SSSR count). The lowest BCUT2D eigenvalue weighted by Gasteiger charge is -2.18. The Hall–Kier alpha value is -4.04. The predicted molar refractivity (Wildman–Crippen MR) is 125 cm³/mol. The molecule has 0 saturated heterocycles. The van der Waals surface area contributed by atoms with Gasteiger partial charge in [-0.3, -0.25) is 0 Å². The van der Waals surface area contributed by atoms with E-state index in [2.05, 4.69) is 20.8 Å². The summed E-state index contributed by atoms with van der Waals surface area (Å²) in [5.41, 5.74) is 1.93. The molecule has 168 valence electrons. The zero-order valence-corrected chi connectivity index (χ0v) is 18.7. The number of hydrogen-bond donors (Lipinski definition) is 2. The minimum absolute atomic E-state index is 0.245. The summed E-state index contributed by atoms with van der Waals surface area (Å²) in [6.07, 6.45) is 0. The van der Waals surface area contributed by atoms with Crippen LogP contribution in [0.5, 0.6) is 11.5 Å². The second kappa shape index (κ2) is 10.1. The average Bonchev–Trinajstić information content (AvgIpc) is 3.34. The van der Waals surface area contributed by atoms with Gasteiger partial charge in [-0.15, -0.1) is 10.2 Å². The highest BCUT2D eigenvalue weighted by Gasteiger charge is 2.24. The first-order valence-corrected chi connectivity index (χ1v) is 10.4. The average molecular weight is 465 g/mol. The van der Waals surface area contributed by atoms with Crippen molar-refractivity contribution < 1.29 is 18.7 Å². The molecule has 0 aliphatic carbocycles. The van der Waals surface area contributed by atoms with Gasteiger partial charge in [0.15, 0.2) is 0 Å². The van der Waals surface area contributed by atoms with E-state index in [1.165, 1.54) is 14.2 Å². The minimum atomic E-state index is -0.684. The molecular weight excluding hydrogens is 444 g/mol. The Kier molecular flexibility index (Phi) is 6.75. The number of hydrogen-bond acceptors (Lipinski definition) is 6. The molecule has 0 aliphatic heterocycles. The number of aromatic nitrogens is 2. The van der Waals surface area contributed by atoms with Gasteiger partial charge < -0.3 is 24.5 Å². The van der Waals surface area contributed by atoms with E-state index in [0.29, 0.717) is 28.1 Å². The van der Waals surface area contributed by atoms with Crippen molar-refractivity contribution in [2.75, 3.05) is 19.5 Å². The van der Waals surface area contributed by atoms with Crippen LogP contribution in [-0.2, 0) is 0 Å². The van der Waals surface area contributed by atoms with Gasteiger partial charge in [0, 0.05) is 11.6 Å². The zero-order chi connectivity index (χ0) is 23.2. The molecule has 1 atom stereocenters. The van der Waals surface area contributed by atoms with E-state index >= 15 is 0 Å². The maximum atomic E-state index is 12.9. The number of amides is 2. The molecule has 9 heteroatoms. The Morgan fingerprint density at radius 3 is 2.27 bits per heavy atom. The van der Waals surface area contributed by atoms with E-state index in [-0.39, 0.29) is 5.89 Å². The van der Waals surface area contributed by atoms with Gasteiger partial charge in [-0.1, -0.05) is 60.1 Å². The number of urea groups is 1. The van der Waals surface area contributed by atoms with E-state index in [0.717, 1.165) is 11.1 Å². The third-order valence-electron chi connectivity index (χ3n) is 4.84. The Morgan fingerprint density at radius 1 is 0.939 bits per heavy atom. The molecule has 0 fully saturated rings. The molecule has 2 amide bonds. The molecule has 0 spiro atoms. The number of ether oxygens (including phenoxy) is 2. The van der Waals surface area contributed by atoms with Gasteiger partial charge in [-0.2, -0.15) is 0 Å². The number of rotatable bonds is 7. The molecule has 0 aliphatic rings. The Labute approximate surface area is 195 Å². The second-order valence-electron chi connectivity index (χ2n) is 6.94. The van der Waals surface area contributed by atoms with Crippen LogP contribution in [0, 0.1) is 0 Å². The maximum absolute atomic E-state index is 12.9. The van der Waals surface area contributed by atoms with E-state index < -0.39 is 12.1 Å². The predicted octanol–water partition coefficient (Wildman–Crippen LogP) is 5.32. The summed E-state index contributed by atoms with van der Waals surface area (Å²) in [6.45, 7) is 0. The number of methoxy groups -OCH3 is 2. The summed E-state index contributed by atoms with van der Waals surface area (Å²) in [5, 5.41) is 14.3. The molecule has 0 radical (unpaired) electrons. The molecule has 3 aromatic carbocycles. The molecule has 0 bridgehead atoms. The van der Waals surface area contributed by atoms with Crippen LogP contribution in [0.25, 0.3) is 11.5 Å². The fourth-order valence-corrected chi connectivity index (χ4v) is 3.47. The monoisotopic (exact) mass is 464 g/mol. The van der Waals surface area contributed by atoms with Crippen molar-refractivity contribution in [2.24, 2.45) is 0 Å². The largest absolute Gasteiger partial charge is 0.495 e. The SMILES string of the molecule is COc1cc(OC)c(NC(=O)NC(c2ccccc2)c2nnc(-c3ccccc3)o2)cc1Cl. The standard InChI is InChI=1S/C24H21ClN4O4/c1-31-19-14-20(32-2)18(13-17(19)25)26-24(30)27-21(15-9-5-3-6-10-15)23-29-28-22(33-23)16-11-7-4-8-12-16/h3-14,21H,1-2H3,(H2,26,27,30). The molecule has 1 heterocycles. The highest BCUT2D eigenvalue weighted by molar-refractivity contribution is 6.32. The van der Waals surface area contributed by atoms with E-state index in [1.807, 2.05) is 60.7 Å². The summed E-state index contributed by atoms with van der Waals surface area (Å²) >= 11 is 6.21. The smallest absolute Gasteiger partial charge is 0.320 e. The lowest BCUT2D eigenvalue weighted by molar-refractivity contribution is 0.248. The van der Waals surface area contributed by atoms with Gasteiger partial charge in [0.05, 0.1) is 24.9 Å². The quantitative estimate of drug-likeness (QED) is 0.384. The van der Waals surface area contributed by atoms with Crippen LogP contribution in [0.2, 0.25) is 5.02 Å². The second-order valence-corrected chi connectivity index (χ2v) is 7.35. The fourth-order valence-electron chi connectivity index (χ4n) is 3.23. The third kappa shape index (κ3) is 5.07. The number of halogens is 1. The van der Waals surface area contributed by atoms with Crippen molar-refractivity contribution in [3.05, 3.63) is 89.3 Å². The number of carbonyl (C=O) groups excluding carboxylic acids is 1. The highest BCUT2D eigenvalue weighted by atomic mass is 35.5. The molecule has 33 heavy (non-hydrogen) atoms. The third-order valence-corrected chi connectivity index (χ3v) is 5.13. The molecule has 0 saturated carbocycles. The van der Waals surface area contributed by atoms with Gasteiger partial charge in [-0.25, -0.2) is 4.79 Å². The van der Waals surface area contributed by atoms with Crippen LogP contribution in [0.15, 0.2) is 77.2 Å².